The highest BCUT2D eigenvalue weighted by molar-refractivity contribution is 5.96. The summed E-state index contributed by atoms with van der Waals surface area (Å²) in [6.07, 6.45) is 2.27. The van der Waals surface area contributed by atoms with Gasteiger partial charge in [-0.15, -0.1) is 0 Å². The Morgan fingerprint density at radius 1 is 1.07 bits per heavy atom. The van der Waals surface area contributed by atoms with Gasteiger partial charge in [-0.25, -0.2) is 4.79 Å². The Kier molecular flexibility index (Phi) is 11.1. The van der Waals surface area contributed by atoms with Crippen LogP contribution >= 0.6 is 0 Å². The number of rotatable bonds is 13. The summed E-state index contributed by atoms with van der Waals surface area (Å²) in [6.45, 7) is 6.69. The number of hydrogen-bond acceptors (Lipinski definition) is 8. The molecular formula is C31H49N7O7. The van der Waals surface area contributed by atoms with E-state index in [1.54, 1.807) is 6.07 Å². The minimum absolute atomic E-state index is 0.0371. The predicted molar refractivity (Wildman–Crippen MR) is 168 cm³/mol. The summed E-state index contributed by atoms with van der Waals surface area (Å²) in [7, 11) is 4.07. The van der Waals surface area contributed by atoms with E-state index in [1.807, 2.05) is 27.1 Å². The van der Waals surface area contributed by atoms with Gasteiger partial charge in [0.05, 0.1) is 12.0 Å². The summed E-state index contributed by atoms with van der Waals surface area (Å²) in [5.74, 6) is -4.31. The first kappa shape index (κ1) is 35.6. The molecule has 2 aliphatic rings. The summed E-state index contributed by atoms with van der Waals surface area (Å²) in [6, 6.07) is 0.622. The smallest absolute Gasteiger partial charge is 0.326 e. The van der Waals surface area contributed by atoms with E-state index in [9.17, 15) is 34.5 Å². The standard InChI is InChI=1S/C31H49N7O7/c1-30(2)14-16-8-10-18(26(32)41)24(40)23(16)31(3)15-17(9-11-19(31)25(30)38(4)5)36-21(28(44)45)13-22(39)37-20(27(42)43)7-6-12-35-29(33)34/h8,10,17,19-21,25,36,40H,6-7,9,11-15H2,1-5H3,(H2,32,41)(H,37,39)(H,42,43)(H,44,45)(H4,33,34,35)/t17-,19+,20+,21?,25+,31+/m1/s1. The van der Waals surface area contributed by atoms with Crippen LogP contribution in [0.5, 0.6) is 5.75 Å². The van der Waals surface area contributed by atoms with Gasteiger partial charge in [0.15, 0.2) is 5.96 Å². The van der Waals surface area contributed by atoms with Gasteiger partial charge in [-0.3, -0.25) is 19.8 Å². The molecule has 3 rings (SSSR count). The van der Waals surface area contributed by atoms with E-state index >= 15 is 0 Å². The summed E-state index contributed by atoms with van der Waals surface area (Å²) in [5.41, 5.74) is 11.6. The van der Waals surface area contributed by atoms with Gasteiger partial charge >= 0.3 is 11.9 Å². The summed E-state index contributed by atoms with van der Waals surface area (Å²) in [4.78, 5) is 51.4. The summed E-state index contributed by atoms with van der Waals surface area (Å²) in [5, 5.41) is 46.4. The zero-order chi connectivity index (χ0) is 33.9. The molecule has 0 bridgehead atoms. The molecule has 1 aromatic rings. The zero-order valence-electron chi connectivity index (χ0n) is 26.8. The van der Waals surface area contributed by atoms with E-state index in [0.717, 1.165) is 5.56 Å². The Morgan fingerprint density at radius 2 is 1.71 bits per heavy atom. The number of nitrogens with one attached hydrogen (secondary N) is 4. The quantitative estimate of drug-likeness (QED) is 0.0833. The lowest BCUT2D eigenvalue weighted by atomic mass is 9.58. The number of aromatic hydroxyl groups is 1. The van der Waals surface area contributed by atoms with Crippen LogP contribution in [0.25, 0.3) is 0 Å². The minimum atomic E-state index is -1.29. The average Bonchev–Trinajstić information content (AvgIpc) is 2.98. The van der Waals surface area contributed by atoms with Crippen LogP contribution in [0.3, 0.4) is 0 Å². The molecule has 14 nitrogen and oxygen atoms in total. The fourth-order valence-corrected chi connectivity index (χ4v) is 7.94. The second-order valence-corrected chi connectivity index (χ2v) is 13.6. The van der Waals surface area contributed by atoms with E-state index in [-0.39, 0.29) is 53.7 Å². The molecule has 2 amide bonds. The molecule has 1 aromatic carbocycles. The number of fused-ring (bicyclic) bond motifs is 3. The molecule has 0 saturated heterocycles. The lowest BCUT2D eigenvalue weighted by Gasteiger charge is -2.52. The summed E-state index contributed by atoms with van der Waals surface area (Å²) < 4.78 is 0. The molecular weight excluding hydrogens is 582 g/mol. The number of hydrogen-bond donors (Lipinski definition) is 9. The van der Waals surface area contributed by atoms with E-state index in [4.69, 9.17) is 16.9 Å². The maximum Gasteiger partial charge on any atom is 0.326 e. The molecule has 1 unspecified atom stereocenters. The number of aliphatic carboxylic acids is 2. The van der Waals surface area contributed by atoms with Crippen molar-refractivity contribution in [2.24, 2.45) is 22.8 Å². The Balaban J connectivity index is 1.87. The van der Waals surface area contributed by atoms with E-state index in [1.165, 1.54) is 0 Å². The highest BCUT2D eigenvalue weighted by Crippen LogP contribution is 2.56. The first-order valence-electron chi connectivity index (χ1n) is 15.3. The fraction of sp³-hybridized carbons (Fsp3) is 0.645. The van der Waals surface area contributed by atoms with Crippen LogP contribution in [0.4, 0.5) is 0 Å². The van der Waals surface area contributed by atoms with Crippen LogP contribution in [0.15, 0.2) is 12.1 Å². The number of phenols is 1. The van der Waals surface area contributed by atoms with E-state index < -0.39 is 47.7 Å². The predicted octanol–water partition coefficient (Wildman–Crippen LogP) is 0.696. The molecule has 2 aliphatic carbocycles. The number of nitrogens with two attached hydrogens (primary N) is 2. The summed E-state index contributed by atoms with van der Waals surface area (Å²) >= 11 is 0. The van der Waals surface area contributed by atoms with Crippen molar-refractivity contribution >= 4 is 29.7 Å². The Labute approximate surface area is 263 Å². The van der Waals surface area contributed by atoms with E-state index in [2.05, 4.69) is 34.7 Å². The lowest BCUT2D eigenvalue weighted by molar-refractivity contribution is -0.143. The number of benzene rings is 1. The number of nitrogens with zero attached hydrogens (tertiary/aromatic N) is 1. The molecule has 14 heteroatoms. The van der Waals surface area contributed by atoms with Crippen molar-refractivity contribution in [1.29, 1.82) is 5.41 Å². The molecule has 1 fully saturated rings. The second kappa shape index (κ2) is 14.0. The third-order valence-corrected chi connectivity index (χ3v) is 9.54. The lowest BCUT2D eigenvalue weighted by Crippen LogP contribution is -2.57. The maximum absolute atomic E-state index is 12.9. The van der Waals surface area contributed by atoms with Gasteiger partial charge < -0.3 is 47.6 Å². The Bertz CT molecular complexity index is 1320. The van der Waals surface area contributed by atoms with Gasteiger partial charge in [-0.05, 0) is 75.6 Å². The molecule has 45 heavy (non-hydrogen) atoms. The van der Waals surface area contributed by atoms with Crippen molar-refractivity contribution in [3.63, 3.8) is 0 Å². The van der Waals surface area contributed by atoms with Crippen LogP contribution in [-0.2, 0) is 26.2 Å². The van der Waals surface area contributed by atoms with Crippen molar-refractivity contribution < 1.29 is 34.5 Å². The van der Waals surface area contributed by atoms with Crippen LogP contribution in [0.1, 0.15) is 80.8 Å². The number of amides is 2. The Morgan fingerprint density at radius 3 is 2.27 bits per heavy atom. The number of carboxylic acid groups (broad SMARTS) is 2. The fourth-order valence-electron chi connectivity index (χ4n) is 7.94. The van der Waals surface area contributed by atoms with Gasteiger partial charge in [0.25, 0.3) is 5.91 Å². The first-order chi connectivity index (χ1) is 20.9. The molecule has 250 valence electrons. The number of carbonyl (C=O) groups is 4. The van der Waals surface area contributed by atoms with Crippen molar-refractivity contribution in [2.75, 3.05) is 20.6 Å². The van der Waals surface area contributed by atoms with Gasteiger partial charge in [-0.1, -0.05) is 26.8 Å². The molecule has 0 aromatic heterocycles. The van der Waals surface area contributed by atoms with Crippen molar-refractivity contribution in [2.45, 2.75) is 95.3 Å². The third kappa shape index (κ3) is 8.03. The highest BCUT2D eigenvalue weighted by atomic mass is 16.4. The van der Waals surface area contributed by atoms with Crippen molar-refractivity contribution in [3.05, 3.63) is 28.8 Å². The number of primary amides is 1. The van der Waals surface area contributed by atoms with Crippen LogP contribution < -0.4 is 27.4 Å². The molecule has 0 aliphatic heterocycles. The second-order valence-electron chi connectivity index (χ2n) is 13.6. The maximum atomic E-state index is 12.9. The normalized spacial score (nSPS) is 25.2. The molecule has 0 heterocycles. The van der Waals surface area contributed by atoms with Crippen molar-refractivity contribution in [3.8, 4) is 5.75 Å². The largest absolute Gasteiger partial charge is 0.507 e. The number of carboxylic acids is 2. The van der Waals surface area contributed by atoms with Crippen molar-refractivity contribution in [1.82, 2.24) is 20.9 Å². The number of guanidine groups is 1. The molecule has 0 spiro atoms. The SMILES string of the molecule is CN(C)[C@H]1[C@@H]2CC[C@@H](NC(CC(=O)N[C@@H](CCCNC(=N)N)C(=O)O)C(=O)O)C[C@]2(C)c2c(ccc(C(N)=O)c2O)CC1(C)C. The third-order valence-electron chi connectivity index (χ3n) is 9.54. The topological polar surface area (TPSA) is 244 Å². The molecule has 1 saturated carbocycles. The van der Waals surface area contributed by atoms with Crippen LogP contribution in [0.2, 0.25) is 0 Å². The van der Waals surface area contributed by atoms with Gasteiger partial charge in [0, 0.05) is 29.6 Å². The number of carbonyl (C=O) groups excluding carboxylic acids is 2. The van der Waals surface area contributed by atoms with Gasteiger partial charge in [-0.2, -0.15) is 0 Å². The first-order valence-corrected chi connectivity index (χ1v) is 15.3. The van der Waals surface area contributed by atoms with Gasteiger partial charge in [0.2, 0.25) is 5.91 Å². The molecule has 6 atom stereocenters. The molecule has 0 radical (unpaired) electrons. The minimum Gasteiger partial charge on any atom is -0.507 e. The average molecular weight is 632 g/mol. The Hall–Kier alpha value is -3.91. The van der Waals surface area contributed by atoms with Gasteiger partial charge in [0.1, 0.15) is 17.8 Å². The molecule has 11 N–H and O–H groups in total. The monoisotopic (exact) mass is 631 g/mol. The van der Waals surface area contributed by atoms with Crippen LogP contribution in [0, 0.1) is 16.7 Å². The highest BCUT2D eigenvalue weighted by Gasteiger charge is 2.54. The van der Waals surface area contributed by atoms with E-state index in [0.29, 0.717) is 37.7 Å². The van der Waals surface area contributed by atoms with Crippen LogP contribution in [-0.4, -0.2) is 94.7 Å². The zero-order valence-corrected chi connectivity index (χ0v) is 26.8.